The summed E-state index contributed by atoms with van der Waals surface area (Å²) in [6, 6.07) is 5.40. The van der Waals surface area contributed by atoms with Gasteiger partial charge in [0.15, 0.2) is 6.29 Å². The maximum atomic E-state index is 10.8. The van der Waals surface area contributed by atoms with Crippen LogP contribution in [0.5, 0.6) is 5.75 Å². The van der Waals surface area contributed by atoms with Gasteiger partial charge in [-0.3, -0.25) is 4.79 Å². The molecule has 1 rings (SSSR count). The van der Waals surface area contributed by atoms with Crippen molar-refractivity contribution < 1.29 is 30.6 Å². The van der Waals surface area contributed by atoms with E-state index in [0.29, 0.717) is 11.3 Å². The number of aldehydes is 1. The first-order valence-electron chi connectivity index (χ1n) is 4.37. The molecule has 0 radical (unpaired) electrons. The van der Waals surface area contributed by atoms with Crippen molar-refractivity contribution in [2.24, 2.45) is 0 Å². The van der Waals surface area contributed by atoms with E-state index < -0.39 is 0 Å². The summed E-state index contributed by atoms with van der Waals surface area (Å²) in [4.78, 5) is 10.8. The first-order valence-corrected chi connectivity index (χ1v) is 5.16. The number of para-hydroxylation sites is 1. The average Bonchev–Trinajstić information content (AvgIpc) is 2.06. The summed E-state index contributed by atoms with van der Waals surface area (Å²) in [5.41, 5.74) is 0.260. The third kappa shape index (κ3) is 4.48. The molecular weight excluding hydrogens is 439 g/mol. The van der Waals surface area contributed by atoms with Gasteiger partial charge in [-0.05, 0) is 48.8 Å². The Labute approximate surface area is 113 Å². The summed E-state index contributed by atoms with van der Waals surface area (Å²) >= 11 is 3.36. The van der Waals surface area contributed by atoms with Gasteiger partial charge in [0, 0.05) is 21.1 Å². The summed E-state index contributed by atoms with van der Waals surface area (Å²) in [5, 5.41) is 0. The van der Waals surface area contributed by atoms with E-state index in [9.17, 15) is 4.79 Å². The normalized spacial score (nSPS) is 10.4. The van der Waals surface area contributed by atoms with E-state index >= 15 is 0 Å². The SMILES string of the molecule is CC(C)(C)Oc1c(Br)cccc1C=O.[Pt]. The molecule has 0 aliphatic rings. The van der Waals surface area contributed by atoms with Gasteiger partial charge < -0.3 is 4.74 Å². The molecule has 0 N–H and O–H groups in total. The van der Waals surface area contributed by atoms with Crippen LogP contribution < -0.4 is 4.74 Å². The fraction of sp³-hybridized carbons (Fsp3) is 0.364. The standard InChI is InChI=1S/C11H13BrO2.Pt/c1-11(2,3)14-10-8(7-13)5-4-6-9(10)12;/h4-7H,1-3H3;. The fourth-order valence-electron chi connectivity index (χ4n) is 1.03. The molecule has 0 aromatic heterocycles. The zero-order valence-corrected chi connectivity index (χ0v) is 12.7. The van der Waals surface area contributed by atoms with Crippen molar-refractivity contribution in [3.63, 3.8) is 0 Å². The predicted molar refractivity (Wildman–Crippen MR) is 59.9 cm³/mol. The Hall–Kier alpha value is -0.142. The van der Waals surface area contributed by atoms with E-state index in [1.165, 1.54) is 0 Å². The van der Waals surface area contributed by atoms with Gasteiger partial charge >= 0.3 is 0 Å². The molecule has 1 aromatic rings. The van der Waals surface area contributed by atoms with Gasteiger partial charge in [-0.1, -0.05) is 6.07 Å². The molecule has 0 saturated heterocycles. The van der Waals surface area contributed by atoms with Crippen molar-refractivity contribution in [3.05, 3.63) is 28.2 Å². The molecule has 0 fully saturated rings. The number of carbonyl (C=O) groups excluding carboxylic acids is 1. The van der Waals surface area contributed by atoms with E-state index in [1.54, 1.807) is 6.07 Å². The Kier molecular flexibility index (Phi) is 5.76. The molecule has 86 valence electrons. The second-order valence-corrected chi connectivity index (χ2v) is 4.84. The molecule has 0 saturated carbocycles. The van der Waals surface area contributed by atoms with E-state index in [-0.39, 0.29) is 26.7 Å². The summed E-state index contributed by atoms with van der Waals surface area (Å²) in [7, 11) is 0. The molecule has 0 atom stereocenters. The topological polar surface area (TPSA) is 26.3 Å². The Bertz CT molecular complexity index is 345. The van der Waals surface area contributed by atoms with Gasteiger partial charge in [-0.25, -0.2) is 0 Å². The third-order valence-corrected chi connectivity index (χ3v) is 2.16. The molecule has 0 heterocycles. The van der Waals surface area contributed by atoms with Gasteiger partial charge in [0.05, 0.1) is 10.0 Å². The number of halogens is 1. The first kappa shape index (κ1) is 14.9. The first-order chi connectivity index (χ1) is 6.44. The van der Waals surface area contributed by atoms with E-state index in [2.05, 4.69) is 15.9 Å². The fourth-order valence-corrected chi connectivity index (χ4v) is 1.49. The van der Waals surface area contributed by atoms with Gasteiger partial charge in [-0.15, -0.1) is 0 Å². The van der Waals surface area contributed by atoms with Gasteiger partial charge in [-0.2, -0.15) is 0 Å². The number of carbonyl (C=O) groups is 1. The summed E-state index contributed by atoms with van der Waals surface area (Å²) in [5.74, 6) is 0.606. The minimum Gasteiger partial charge on any atom is -0.486 e. The van der Waals surface area contributed by atoms with Crippen LogP contribution in [-0.2, 0) is 21.1 Å². The quantitative estimate of drug-likeness (QED) is 0.644. The molecule has 1 aromatic carbocycles. The number of hydrogen-bond acceptors (Lipinski definition) is 2. The van der Waals surface area contributed by atoms with Crippen LogP contribution in [0.25, 0.3) is 0 Å². The van der Waals surface area contributed by atoms with Crippen molar-refractivity contribution in [3.8, 4) is 5.75 Å². The van der Waals surface area contributed by atoms with Gasteiger partial charge in [0.2, 0.25) is 0 Å². The molecule has 0 aliphatic heterocycles. The van der Waals surface area contributed by atoms with Crippen LogP contribution in [0.2, 0.25) is 0 Å². The Morgan fingerprint density at radius 1 is 1.33 bits per heavy atom. The second-order valence-electron chi connectivity index (χ2n) is 3.99. The van der Waals surface area contributed by atoms with Crippen LogP contribution in [0.3, 0.4) is 0 Å². The maximum Gasteiger partial charge on any atom is 0.153 e. The number of benzene rings is 1. The zero-order chi connectivity index (χ0) is 10.8. The Morgan fingerprint density at radius 3 is 2.40 bits per heavy atom. The number of hydrogen-bond donors (Lipinski definition) is 0. The van der Waals surface area contributed by atoms with Crippen LogP contribution in [-0.4, -0.2) is 11.9 Å². The van der Waals surface area contributed by atoms with Gasteiger partial charge in [0.1, 0.15) is 11.4 Å². The van der Waals surface area contributed by atoms with Crippen molar-refractivity contribution in [2.45, 2.75) is 26.4 Å². The largest absolute Gasteiger partial charge is 0.486 e. The number of ether oxygens (including phenoxy) is 1. The van der Waals surface area contributed by atoms with Crippen LogP contribution in [0.1, 0.15) is 31.1 Å². The molecular formula is C11H13BrO2Pt. The van der Waals surface area contributed by atoms with Crippen LogP contribution >= 0.6 is 15.9 Å². The molecule has 4 heteroatoms. The predicted octanol–water partition coefficient (Wildman–Crippen LogP) is 3.44. The van der Waals surface area contributed by atoms with Gasteiger partial charge in [0.25, 0.3) is 0 Å². The molecule has 0 bridgehead atoms. The smallest absolute Gasteiger partial charge is 0.153 e. The average molecular weight is 452 g/mol. The minimum atomic E-state index is -0.304. The minimum absolute atomic E-state index is 0. The zero-order valence-electron chi connectivity index (χ0n) is 8.82. The van der Waals surface area contributed by atoms with Crippen molar-refractivity contribution in [2.75, 3.05) is 0 Å². The molecule has 2 nitrogen and oxygen atoms in total. The third-order valence-electron chi connectivity index (χ3n) is 1.53. The second kappa shape index (κ2) is 5.81. The maximum absolute atomic E-state index is 10.8. The van der Waals surface area contributed by atoms with Crippen LogP contribution in [0, 0.1) is 0 Å². The Balaban J connectivity index is 0.00000196. The number of rotatable bonds is 2. The molecule has 15 heavy (non-hydrogen) atoms. The Morgan fingerprint density at radius 2 is 1.93 bits per heavy atom. The van der Waals surface area contributed by atoms with E-state index in [0.717, 1.165) is 10.8 Å². The summed E-state index contributed by atoms with van der Waals surface area (Å²) in [6.45, 7) is 5.84. The molecule has 0 unspecified atom stereocenters. The molecule has 0 aliphatic carbocycles. The van der Waals surface area contributed by atoms with Crippen LogP contribution in [0.4, 0.5) is 0 Å². The van der Waals surface area contributed by atoms with Crippen molar-refractivity contribution in [1.82, 2.24) is 0 Å². The molecule has 0 amide bonds. The van der Waals surface area contributed by atoms with Crippen molar-refractivity contribution in [1.29, 1.82) is 0 Å². The van der Waals surface area contributed by atoms with Crippen molar-refractivity contribution >= 4 is 22.2 Å². The van der Waals surface area contributed by atoms with E-state index in [4.69, 9.17) is 4.74 Å². The summed E-state index contributed by atoms with van der Waals surface area (Å²) in [6.07, 6.45) is 0.797. The monoisotopic (exact) mass is 451 g/mol. The van der Waals surface area contributed by atoms with E-state index in [1.807, 2.05) is 32.9 Å². The summed E-state index contributed by atoms with van der Waals surface area (Å²) < 4.78 is 6.48. The molecule has 0 spiro atoms. The van der Waals surface area contributed by atoms with Crippen LogP contribution in [0.15, 0.2) is 22.7 Å².